The number of fused-ring (bicyclic) bond motifs is 2. The molecule has 0 fully saturated rings. The van der Waals surface area contributed by atoms with E-state index < -0.39 is 0 Å². The first-order valence-corrected chi connectivity index (χ1v) is 13.6. The van der Waals surface area contributed by atoms with Crippen molar-refractivity contribution in [3.8, 4) is 0 Å². The molecule has 0 aliphatic heterocycles. The molecule has 0 spiro atoms. The van der Waals surface area contributed by atoms with E-state index in [9.17, 15) is 4.79 Å². The third-order valence-electron chi connectivity index (χ3n) is 6.76. The van der Waals surface area contributed by atoms with Crippen LogP contribution >= 0.6 is 28.1 Å². The van der Waals surface area contributed by atoms with Crippen molar-refractivity contribution in [2.45, 2.75) is 5.92 Å². The smallest absolute Gasteiger partial charge is 0.269 e. The molecule has 0 unspecified atom stereocenters. The number of anilines is 1. The highest BCUT2D eigenvalue weighted by molar-refractivity contribution is 9.10. The number of amides is 1. The lowest BCUT2D eigenvalue weighted by Crippen LogP contribution is -2.43. The first-order valence-electron chi connectivity index (χ1n) is 12.4. The van der Waals surface area contributed by atoms with Crippen molar-refractivity contribution in [2.75, 3.05) is 5.32 Å². The molecule has 0 radical (unpaired) electrons. The molecular weight excluding hydrogens is 570 g/mol. The third-order valence-corrected chi connectivity index (χ3v) is 7.50. The molecule has 0 saturated heterocycles. The highest BCUT2D eigenvalue weighted by Gasteiger charge is 2.23. The second kappa shape index (κ2) is 10.8. The molecule has 2 aromatic heterocycles. The van der Waals surface area contributed by atoms with E-state index in [0.717, 1.165) is 26.8 Å². The number of H-pyrrole nitrogens is 2. The Labute approximate surface area is 238 Å². The fourth-order valence-electron chi connectivity index (χ4n) is 4.90. The van der Waals surface area contributed by atoms with Crippen molar-refractivity contribution in [1.82, 2.24) is 20.8 Å². The quantitative estimate of drug-likeness (QED) is 0.108. The summed E-state index contributed by atoms with van der Waals surface area (Å²) in [7, 11) is 0. The summed E-state index contributed by atoms with van der Waals surface area (Å²) < 4.78 is 0.973. The molecule has 0 atom stereocenters. The fourth-order valence-corrected chi connectivity index (χ4v) is 5.33. The first kappa shape index (κ1) is 24.9. The van der Waals surface area contributed by atoms with Crippen molar-refractivity contribution >= 4 is 66.7 Å². The molecule has 4 aromatic carbocycles. The zero-order valence-electron chi connectivity index (χ0n) is 20.7. The summed E-state index contributed by atoms with van der Waals surface area (Å²) in [5.74, 6) is -0.313. The summed E-state index contributed by atoms with van der Waals surface area (Å²) >= 11 is 8.71. The summed E-state index contributed by atoms with van der Waals surface area (Å²) in [6.45, 7) is 0. The van der Waals surface area contributed by atoms with Crippen LogP contribution in [0.2, 0.25) is 0 Å². The van der Waals surface area contributed by atoms with Gasteiger partial charge in [-0.05, 0) is 77.4 Å². The summed E-state index contributed by atoms with van der Waals surface area (Å²) in [4.78, 5) is 19.7. The van der Waals surface area contributed by atoms with Crippen LogP contribution in [0.5, 0.6) is 0 Å². The van der Waals surface area contributed by atoms with Crippen LogP contribution in [-0.2, 0) is 0 Å². The van der Waals surface area contributed by atoms with Crippen molar-refractivity contribution in [1.29, 1.82) is 0 Å². The molecule has 0 saturated carbocycles. The van der Waals surface area contributed by atoms with Gasteiger partial charge < -0.3 is 15.3 Å². The van der Waals surface area contributed by atoms with Gasteiger partial charge in [-0.1, -0.05) is 64.5 Å². The summed E-state index contributed by atoms with van der Waals surface area (Å²) in [5, 5.41) is 5.68. The molecule has 6 nitrogen and oxygen atoms in total. The fraction of sp³-hybridized carbons (Fsp3) is 0.0323. The minimum absolute atomic E-state index is 0.0322. The lowest BCUT2D eigenvalue weighted by atomic mass is 9.84. The van der Waals surface area contributed by atoms with E-state index in [1.165, 1.54) is 21.9 Å². The van der Waals surface area contributed by atoms with Gasteiger partial charge in [0.15, 0.2) is 5.11 Å². The number of hydrogen-bond donors (Lipinski definition) is 5. The molecule has 5 N–H and O–H groups in total. The van der Waals surface area contributed by atoms with Gasteiger partial charge in [0.1, 0.15) is 0 Å². The molecule has 1 amide bonds. The minimum atomic E-state index is -0.280. The summed E-state index contributed by atoms with van der Waals surface area (Å²) in [5.41, 5.74) is 12.4. The minimum Gasteiger partial charge on any atom is -0.361 e. The van der Waals surface area contributed by atoms with E-state index in [0.29, 0.717) is 10.7 Å². The molecule has 0 bridgehead atoms. The number of para-hydroxylation sites is 2. The Morgan fingerprint density at radius 2 is 1.28 bits per heavy atom. The Morgan fingerprint density at radius 3 is 1.87 bits per heavy atom. The van der Waals surface area contributed by atoms with Gasteiger partial charge >= 0.3 is 0 Å². The Kier molecular flexibility index (Phi) is 6.87. The van der Waals surface area contributed by atoms with Crippen molar-refractivity contribution < 1.29 is 4.79 Å². The average molecular weight is 595 g/mol. The number of aromatic nitrogens is 2. The van der Waals surface area contributed by atoms with E-state index in [4.69, 9.17) is 12.2 Å². The number of hydrogen-bond acceptors (Lipinski definition) is 2. The van der Waals surface area contributed by atoms with E-state index in [-0.39, 0.29) is 11.8 Å². The maximum atomic E-state index is 12.9. The van der Waals surface area contributed by atoms with Crippen LogP contribution in [0.4, 0.5) is 5.69 Å². The number of nitrogens with one attached hydrogen (secondary N) is 5. The van der Waals surface area contributed by atoms with E-state index in [1.807, 2.05) is 60.7 Å². The third kappa shape index (κ3) is 5.16. The van der Waals surface area contributed by atoms with Crippen molar-refractivity contribution in [3.63, 3.8) is 0 Å². The highest BCUT2D eigenvalue weighted by Crippen LogP contribution is 2.39. The van der Waals surface area contributed by atoms with Crippen LogP contribution in [0.1, 0.15) is 33.0 Å². The largest absolute Gasteiger partial charge is 0.361 e. The highest BCUT2D eigenvalue weighted by atomic mass is 79.9. The monoisotopic (exact) mass is 593 g/mol. The Hall–Kier alpha value is -4.40. The van der Waals surface area contributed by atoms with Crippen LogP contribution in [0.3, 0.4) is 0 Å². The predicted molar refractivity (Wildman–Crippen MR) is 165 cm³/mol. The molecule has 39 heavy (non-hydrogen) atoms. The average Bonchev–Trinajstić information content (AvgIpc) is 3.59. The number of benzene rings is 4. The first-order chi connectivity index (χ1) is 19.1. The Morgan fingerprint density at radius 1 is 0.718 bits per heavy atom. The molecule has 6 rings (SSSR count). The van der Waals surface area contributed by atoms with Gasteiger partial charge in [-0.2, -0.15) is 0 Å². The molecule has 192 valence electrons. The topological polar surface area (TPSA) is 84.7 Å². The zero-order chi connectivity index (χ0) is 26.8. The van der Waals surface area contributed by atoms with Crippen LogP contribution in [-0.4, -0.2) is 21.0 Å². The van der Waals surface area contributed by atoms with Gasteiger partial charge in [0.05, 0.1) is 0 Å². The van der Waals surface area contributed by atoms with E-state index in [1.54, 1.807) is 0 Å². The number of halogens is 1. The Balaban J connectivity index is 1.25. The number of aromatic amines is 2. The number of rotatable bonds is 5. The molecule has 0 aliphatic rings. The van der Waals surface area contributed by atoms with Gasteiger partial charge in [-0.3, -0.25) is 15.6 Å². The number of carbonyl (C=O) groups is 1. The van der Waals surface area contributed by atoms with Gasteiger partial charge in [0.2, 0.25) is 0 Å². The van der Waals surface area contributed by atoms with Crippen molar-refractivity contribution in [2.24, 2.45) is 0 Å². The van der Waals surface area contributed by atoms with Crippen molar-refractivity contribution in [3.05, 3.63) is 136 Å². The number of thiocarbonyl (C=S) groups is 1. The molecule has 2 heterocycles. The predicted octanol–water partition coefficient (Wildman–Crippen LogP) is 7.22. The van der Waals surface area contributed by atoms with Gasteiger partial charge in [-0.25, -0.2) is 0 Å². The second-order valence-corrected chi connectivity index (χ2v) is 10.5. The molecule has 8 heteroatoms. The molecule has 0 aliphatic carbocycles. The van der Waals surface area contributed by atoms with E-state index >= 15 is 0 Å². The lowest BCUT2D eigenvalue weighted by Gasteiger charge is -2.18. The van der Waals surface area contributed by atoms with Crippen LogP contribution in [0.15, 0.2) is 114 Å². The second-order valence-electron chi connectivity index (χ2n) is 9.17. The Bertz CT molecular complexity index is 1720. The van der Waals surface area contributed by atoms with Crippen LogP contribution in [0, 0.1) is 0 Å². The number of carbonyl (C=O) groups excluding carboxylic acids is 1. The van der Waals surface area contributed by atoms with Crippen LogP contribution < -0.4 is 16.2 Å². The maximum absolute atomic E-state index is 12.9. The van der Waals surface area contributed by atoms with Crippen LogP contribution in [0.25, 0.3) is 21.8 Å². The van der Waals surface area contributed by atoms with Gasteiger partial charge in [-0.15, -0.1) is 0 Å². The maximum Gasteiger partial charge on any atom is 0.269 e. The summed E-state index contributed by atoms with van der Waals surface area (Å²) in [6.07, 6.45) is 4.17. The summed E-state index contributed by atoms with van der Waals surface area (Å²) in [6, 6.07) is 31.9. The standard InChI is InChI=1S/C31H24BrN5OS/c32-21-13-15-22(16-14-21)35-31(39)37-36-30(38)20-11-9-19(10-12-20)29(25-17-33-27-7-3-1-5-23(25)27)26-18-34-28-8-4-2-6-24(26)28/h1-18,29,33-34H,(H,36,38)(H2,35,37,39). The lowest BCUT2D eigenvalue weighted by molar-refractivity contribution is 0.0944. The van der Waals surface area contributed by atoms with Gasteiger partial charge in [0.25, 0.3) is 5.91 Å². The van der Waals surface area contributed by atoms with Gasteiger partial charge in [0, 0.05) is 55.8 Å². The molecular formula is C31H24BrN5OS. The SMILES string of the molecule is O=C(NNC(=S)Nc1ccc(Br)cc1)c1ccc(C(c2c[nH]c3ccccc23)c2c[nH]c3ccccc23)cc1. The normalized spacial score (nSPS) is 11.1. The number of hydrazine groups is 1. The van der Waals surface area contributed by atoms with E-state index in [2.05, 4.69) is 90.9 Å². The molecule has 6 aromatic rings. The zero-order valence-corrected chi connectivity index (χ0v) is 23.1.